The first-order valence-electron chi connectivity index (χ1n) is 6.52. The molecular formula is C14H17N3OS. The molecule has 4 nitrogen and oxygen atoms in total. The molecule has 1 heterocycles. The molecule has 1 aromatic rings. The van der Waals surface area contributed by atoms with Crippen LogP contribution in [-0.4, -0.2) is 21.6 Å². The van der Waals surface area contributed by atoms with E-state index in [4.69, 9.17) is 12.2 Å². The molecule has 0 unspecified atom stereocenters. The van der Waals surface area contributed by atoms with E-state index in [0.29, 0.717) is 5.11 Å². The third kappa shape index (κ3) is 2.13. The third-order valence-corrected chi connectivity index (χ3v) is 3.85. The van der Waals surface area contributed by atoms with Gasteiger partial charge in [-0.15, -0.1) is 0 Å². The molecule has 0 aromatic heterocycles. The Morgan fingerprint density at radius 2 is 1.95 bits per heavy atom. The predicted molar refractivity (Wildman–Crippen MR) is 78.3 cm³/mol. The Labute approximate surface area is 118 Å². The van der Waals surface area contributed by atoms with Crippen LogP contribution in [0.25, 0.3) is 0 Å². The monoisotopic (exact) mass is 275 g/mol. The normalized spacial score (nSPS) is 21.9. The highest BCUT2D eigenvalue weighted by Gasteiger charge is 2.48. The maximum atomic E-state index is 12.4. The zero-order chi connectivity index (χ0) is 13.6. The van der Waals surface area contributed by atoms with Gasteiger partial charge in [-0.3, -0.25) is 9.69 Å². The number of carbonyl (C=O) groups excluding carboxylic acids is 1. The lowest BCUT2D eigenvalue weighted by Crippen LogP contribution is -2.50. The number of rotatable bonds is 2. The minimum atomic E-state index is -0.480. The van der Waals surface area contributed by atoms with Crippen LogP contribution in [0.15, 0.2) is 30.3 Å². The molecular weight excluding hydrogens is 258 g/mol. The highest BCUT2D eigenvalue weighted by molar-refractivity contribution is 7.80. The first-order chi connectivity index (χ1) is 9.00. The number of thiocarbonyl (C=S) groups is 1. The molecule has 2 aliphatic rings. The molecule has 100 valence electrons. The van der Waals surface area contributed by atoms with Crippen molar-refractivity contribution in [3.8, 4) is 0 Å². The average Bonchev–Trinajstić information content (AvgIpc) is 3.17. The SMILES string of the molecule is CC1(C)NN(c2ccccc2)C(=S)N1C(=O)C1CC1. The van der Waals surface area contributed by atoms with Crippen molar-refractivity contribution in [3.63, 3.8) is 0 Å². The number of para-hydroxylation sites is 1. The van der Waals surface area contributed by atoms with Gasteiger partial charge in [0.2, 0.25) is 5.91 Å². The fraction of sp³-hybridized carbons (Fsp3) is 0.429. The molecule has 1 aliphatic heterocycles. The number of hydrogen-bond donors (Lipinski definition) is 1. The van der Waals surface area contributed by atoms with Crippen LogP contribution in [0.4, 0.5) is 5.69 Å². The van der Waals surface area contributed by atoms with Crippen molar-refractivity contribution in [1.82, 2.24) is 10.3 Å². The second-order valence-electron chi connectivity index (χ2n) is 5.57. The molecule has 1 aromatic carbocycles. The summed E-state index contributed by atoms with van der Waals surface area (Å²) < 4.78 is 0. The summed E-state index contributed by atoms with van der Waals surface area (Å²) in [7, 11) is 0. The van der Waals surface area contributed by atoms with Crippen LogP contribution in [0, 0.1) is 5.92 Å². The van der Waals surface area contributed by atoms with Crippen LogP contribution in [0.1, 0.15) is 26.7 Å². The summed E-state index contributed by atoms with van der Waals surface area (Å²) in [5, 5.41) is 2.35. The van der Waals surface area contributed by atoms with Gasteiger partial charge in [0.1, 0.15) is 5.66 Å². The van der Waals surface area contributed by atoms with Gasteiger partial charge in [-0.25, -0.2) is 10.4 Å². The molecule has 0 radical (unpaired) electrons. The fourth-order valence-electron chi connectivity index (χ4n) is 2.35. The summed E-state index contributed by atoms with van der Waals surface area (Å²) in [6, 6.07) is 9.82. The topological polar surface area (TPSA) is 35.6 Å². The highest BCUT2D eigenvalue weighted by atomic mass is 32.1. The summed E-state index contributed by atoms with van der Waals surface area (Å²) in [4.78, 5) is 14.1. The molecule has 5 heteroatoms. The molecule has 1 saturated heterocycles. The van der Waals surface area contributed by atoms with Gasteiger partial charge >= 0.3 is 0 Å². The highest BCUT2D eigenvalue weighted by Crippen LogP contribution is 2.36. The molecule has 3 rings (SSSR count). The van der Waals surface area contributed by atoms with Crippen molar-refractivity contribution >= 4 is 28.9 Å². The molecule has 19 heavy (non-hydrogen) atoms. The number of carbonyl (C=O) groups is 1. The number of amides is 1. The van der Waals surface area contributed by atoms with E-state index in [0.717, 1.165) is 18.5 Å². The Bertz CT molecular complexity index is 525. The Morgan fingerprint density at radius 1 is 1.32 bits per heavy atom. The van der Waals surface area contributed by atoms with Gasteiger partial charge in [-0.05, 0) is 51.0 Å². The largest absolute Gasteiger partial charge is 0.274 e. The van der Waals surface area contributed by atoms with E-state index in [1.165, 1.54) is 0 Å². The van der Waals surface area contributed by atoms with Gasteiger partial charge in [0, 0.05) is 5.92 Å². The first-order valence-corrected chi connectivity index (χ1v) is 6.92. The van der Waals surface area contributed by atoms with Crippen molar-refractivity contribution in [2.45, 2.75) is 32.4 Å². The first kappa shape index (κ1) is 12.6. The van der Waals surface area contributed by atoms with Crippen molar-refractivity contribution in [2.75, 3.05) is 5.01 Å². The molecule has 1 N–H and O–H groups in total. The minimum absolute atomic E-state index is 0.140. The van der Waals surface area contributed by atoms with Crippen molar-refractivity contribution in [2.24, 2.45) is 5.92 Å². The second-order valence-corrected chi connectivity index (χ2v) is 5.94. The van der Waals surface area contributed by atoms with E-state index in [1.54, 1.807) is 4.90 Å². The summed E-state index contributed by atoms with van der Waals surface area (Å²) in [5.74, 6) is 0.302. The Morgan fingerprint density at radius 3 is 2.53 bits per heavy atom. The second kappa shape index (κ2) is 4.28. The predicted octanol–water partition coefficient (Wildman–Crippen LogP) is 2.27. The molecule has 1 aliphatic carbocycles. The average molecular weight is 275 g/mol. The Kier molecular flexibility index (Phi) is 2.83. The maximum absolute atomic E-state index is 12.4. The number of nitrogens with zero attached hydrogens (tertiary/aromatic N) is 2. The van der Waals surface area contributed by atoms with E-state index < -0.39 is 5.66 Å². The third-order valence-electron chi connectivity index (χ3n) is 3.49. The van der Waals surface area contributed by atoms with E-state index in [1.807, 2.05) is 49.2 Å². The van der Waals surface area contributed by atoms with Gasteiger partial charge in [-0.2, -0.15) is 0 Å². The summed E-state index contributed by atoms with van der Waals surface area (Å²) in [6.45, 7) is 3.95. The molecule has 2 fully saturated rings. The van der Waals surface area contributed by atoms with Gasteiger partial charge in [0.05, 0.1) is 5.69 Å². The standard InChI is InChI=1S/C14H17N3OS/c1-14(2)15-17(11-6-4-3-5-7-11)13(19)16(14)12(18)10-8-9-10/h3-7,10,15H,8-9H2,1-2H3. The zero-order valence-corrected chi connectivity index (χ0v) is 11.9. The number of anilines is 1. The van der Waals surface area contributed by atoms with Crippen LogP contribution in [0.2, 0.25) is 0 Å². The lowest BCUT2D eigenvalue weighted by Gasteiger charge is -2.28. The quantitative estimate of drug-likeness (QED) is 0.840. The van der Waals surface area contributed by atoms with Crippen LogP contribution >= 0.6 is 12.2 Å². The van der Waals surface area contributed by atoms with Crippen molar-refractivity contribution in [1.29, 1.82) is 0 Å². The van der Waals surface area contributed by atoms with Gasteiger partial charge in [-0.1, -0.05) is 18.2 Å². The molecule has 0 atom stereocenters. The van der Waals surface area contributed by atoms with Crippen molar-refractivity contribution < 1.29 is 4.79 Å². The number of benzene rings is 1. The molecule has 0 spiro atoms. The molecule has 0 bridgehead atoms. The Hall–Kier alpha value is -1.46. The lowest BCUT2D eigenvalue weighted by atomic mass is 10.2. The fourth-order valence-corrected chi connectivity index (χ4v) is 2.81. The van der Waals surface area contributed by atoms with Crippen LogP contribution in [0.3, 0.4) is 0 Å². The Balaban J connectivity index is 1.91. The summed E-state index contributed by atoms with van der Waals surface area (Å²) in [5.41, 5.74) is 3.78. The molecule has 1 saturated carbocycles. The minimum Gasteiger partial charge on any atom is -0.274 e. The van der Waals surface area contributed by atoms with E-state index >= 15 is 0 Å². The smallest absolute Gasteiger partial charge is 0.233 e. The van der Waals surface area contributed by atoms with E-state index in [9.17, 15) is 4.79 Å². The number of hydrogen-bond acceptors (Lipinski definition) is 3. The van der Waals surface area contributed by atoms with Crippen LogP contribution in [-0.2, 0) is 4.79 Å². The van der Waals surface area contributed by atoms with Gasteiger partial charge in [0.15, 0.2) is 5.11 Å². The maximum Gasteiger partial charge on any atom is 0.233 e. The summed E-state index contributed by atoms with van der Waals surface area (Å²) in [6.07, 6.45) is 1.97. The van der Waals surface area contributed by atoms with E-state index in [2.05, 4.69) is 5.43 Å². The zero-order valence-electron chi connectivity index (χ0n) is 11.1. The summed E-state index contributed by atoms with van der Waals surface area (Å²) >= 11 is 5.48. The lowest BCUT2D eigenvalue weighted by molar-refractivity contribution is -0.132. The van der Waals surface area contributed by atoms with Crippen LogP contribution in [0.5, 0.6) is 0 Å². The van der Waals surface area contributed by atoms with Crippen LogP contribution < -0.4 is 10.4 Å². The van der Waals surface area contributed by atoms with Gasteiger partial charge < -0.3 is 0 Å². The van der Waals surface area contributed by atoms with E-state index in [-0.39, 0.29) is 11.8 Å². The number of nitrogens with one attached hydrogen (secondary N) is 1. The number of hydrazine groups is 1. The van der Waals surface area contributed by atoms with Gasteiger partial charge in [0.25, 0.3) is 0 Å². The molecule has 1 amide bonds. The van der Waals surface area contributed by atoms with Crippen molar-refractivity contribution in [3.05, 3.63) is 30.3 Å².